The number of primary amides is 1. The molecule has 0 radical (unpaired) electrons. The van der Waals surface area contributed by atoms with Crippen LogP contribution in [-0.4, -0.2) is 56.5 Å². The predicted molar refractivity (Wildman–Crippen MR) is 87.2 cm³/mol. The number of likely N-dealkylation sites (tertiary alicyclic amines) is 1. The zero-order valence-corrected chi connectivity index (χ0v) is 13.7. The molecule has 0 aliphatic carbocycles. The Morgan fingerprint density at radius 3 is 2.81 bits per heavy atom. The molecule has 0 spiro atoms. The predicted octanol–water partition coefficient (Wildman–Crippen LogP) is 0.395. The summed E-state index contributed by atoms with van der Waals surface area (Å²) in [6.07, 6.45) is 3.04. The van der Waals surface area contributed by atoms with E-state index < -0.39 is 0 Å². The third kappa shape index (κ3) is 7.32. The van der Waals surface area contributed by atoms with Crippen molar-refractivity contribution in [1.82, 2.24) is 15.5 Å². The molecule has 6 heteroatoms. The van der Waals surface area contributed by atoms with Gasteiger partial charge < -0.3 is 21.3 Å². The number of nitrogens with zero attached hydrogens (tertiary/aromatic N) is 2. The fraction of sp³-hybridized carbons (Fsp3) is 0.867. The van der Waals surface area contributed by atoms with Gasteiger partial charge in [-0.2, -0.15) is 0 Å². The second-order valence-electron chi connectivity index (χ2n) is 6.17. The van der Waals surface area contributed by atoms with E-state index in [9.17, 15) is 4.79 Å². The fourth-order valence-electron chi connectivity index (χ4n) is 2.52. The summed E-state index contributed by atoms with van der Waals surface area (Å²) >= 11 is 0. The maximum Gasteiger partial charge on any atom is 0.221 e. The maximum absolute atomic E-state index is 11.2. The van der Waals surface area contributed by atoms with E-state index in [0.717, 1.165) is 57.9 Å². The Morgan fingerprint density at radius 1 is 1.43 bits per heavy atom. The van der Waals surface area contributed by atoms with Gasteiger partial charge in [-0.25, -0.2) is 0 Å². The van der Waals surface area contributed by atoms with Gasteiger partial charge in [0.15, 0.2) is 5.96 Å². The van der Waals surface area contributed by atoms with Crippen LogP contribution in [-0.2, 0) is 4.79 Å². The quantitative estimate of drug-likeness (QED) is 0.361. The number of piperidine rings is 1. The van der Waals surface area contributed by atoms with E-state index in [2.05, 4.69) is 34.4 Å². The molecule has 6 nitrogen and oxygen atoms in total. The summed E-state index contributed by atoms with van der Waals surface area (Å²) in [7, 11) is 1.79. The number of carbonyl (C=O) groups excluding carboxylic acids is 1. The van der Waals surface area contributed by atoms with Gasteiger partial charge in [-0.3, -0.25) is 9.79 Å². The molecule has 1 fully saturated rings. The van der Waals surface area contributed by atoms with Crippen molar-refractivity contribution in [2.45, 2.75) is 33.1 Å². The van der Waals surface area contributed by atoms with Crippen molar-refractivity contribution in [3.8, 4) is 0 Å². The molecule has 0 bridgehead atoms. The molecule has 0 aromatic carbocycles. The molecular weight excluding hydrogens is 266 g/mol. The van der Waals surface area contributed by atoms with Crippen molar-refractivity contribution in [1.29, 1.82) is 0 Å². The van der Waals surface area contributed by atoms with E-state index >= 15 is 0 Å². The molecule has 122 valence electrons. The number of carbonyl (C=O) groups is 1. The molecule has 0 aromatic heterocycles. The smallest absolute Gasteiger partial charge is 0.221 e. The second-order valence-corrected chi connectivity index (χ2v) is 6.17. The number of hydrogen-bond acceptors (Lipinski definition) is 3. The SMILES string of the molecule is CN=C(NCCCN1CCCC(C(N)=O)C1)NCC(C)C. The topological polar surface area (TPSA) is 82.8 Å². The Kier molecular flexibility index (Phi) is 8.12. The summed E-state index contributed by atoms with van der Waals surface area (Å²) in [5.41, 5.74) is 5.40. The van der Waals surface area contributed by atoms with E-state index in [4.69, 9.17) is 5.73 Å². The van der Waals surface area contributed by atoms with Crippen LogP contribution in [0.25, 0.3) is 0 Å². The molecule has 1 aliphatic heterocycles. The Balaban J connectivity index is 2.16. The van der Waals surface area contributed by atoms with Gasteiger partial charge in [-0.1, -0.05) is 13.8 Å². The van der Waals surface area contributed by atoms with Gasteiger partial charge in [0.05, 0.1) is 5.92 Å². The van der Waals surface area contributed by atoms with Crippen molar-refractivity contribution >= 4 is 11.9 Å². The number of rotatable bonds is 7. The minimum absolute atomic E-state index is 0.0344. The first-order valence-corrected chi connectivity index (χ1v) is 7.99. The molecule has 1 aliphatic rings. The molecule has 1 unspecified atom stereocenters. The summed E-state index contributed by atoms with van der Waals surface area (Å²) < 4.78 is 0. The van der Waals surface area contributed by atoms with E-state index in [1.807, 2.05) is 0 Å². The van der Waals surface area contributed by atoms with E-state index in [1.54, 1.807) is 7.05 Å². The highest BCUT2D eigenvalue weighted by molar-refractivity contribution is 5.79. The number of nitrogens with two attached hydrogens (primary N) is 1. The van der Waals surface area contributed by atoms with Gasteiger partial charge in [-0.05, 0) is 38.3 Å². The average Bonchev–Trinajstić information content (AvgIpc) is 2.46. The van der Waals surface area contributed by atoms with Crippen LogP contribution in [0.4, 0.5) is 0 Å². The highest BCUT2D eigenvalue weighted by Crippen LogP contribution is 2.15. The number of nitrogens with one attached hydrogen (secondary N) is 2. The largest absolute Gasteiger partial charge is 0.369 e. The van der Waals surface area contributed by atoms with Gasteiger partial charge in [-0.15, -0.1) is 0 Å². The monoisotopic (exact) mass is 297 g/mol. The zero-order valence-electron chi connectivity index (χ0n) is 13.7. The minimum atomic E-state index is -0.156. The van der Waals surface area contributed by atoms with Crippen molar-refractivity contribution in [3.63, 3.8) is 0 Å². The minimum Gasteiger partial charge on any atom is -0.369 e. The zero-order chi connectivity index (χ0) is 15.7. The third-order valence-electron chi connectivity index (χ3n) is 3.75. The second kappa shape index (κ2) is 9.60. The van der Waals surface area contributed by atoms with Crippen molar-refractivity contribution in [3.05, 3.63) is 0 Å². The lowest BCUT2D eigenvalue weighted by atomic mass is 9.97. The van der Waals surface area contributed by atoms with Crippen LogP contribution < -0.4 is 16.4 Å². The Labute approximate surface area is 128 Å². The third-order valence-corrected chi connectivity index (χ3v) is 3.75. The Hall–Kier alpha value is -1.30. The maximum atomic E-state index is 11.2. The van der Waals surface area contributed by atoms with Crippen LogP contribution >= 0.6 is 0 Å². The lowest BCUT2D eigenvalue weighted by molar-refractivity contribution is -0.123. The summed E-state index contributed by atoms with van der Waals surface area (Å²) in [5.74, 6) is 1.34. The van der Waals surface area contributed by atoms with Crippen LogP contribution in [0.5, 0.6) is 0 Å². The molecule has 1 saturated heterocycles. The van der Waals surface area contributed by atoms with Gasteiger partial charge >= 0.3 is 0 Å². The first-order valence-electron chi connectivity index (χ1n) is 7.99. The van der Waals surface area contributed by atoms with Crippen molar-refractivity contribution < 1.29 is 4.79 Å². The summed E-state index contributed by atoms with van der Waals surface area (Å²) in [5, 5.41) is 6.61. The fourth-order valence-corrected chi connectivity index (χ4v) is 2.52. The number of amides is 1. The number of hydrogen-bond donors (Lipinski definition) is 3. The number of aliphatic imine (C=N–C) groups is 1. The molecule has 4 N–H and O–H groups in total. The molecule has 1 atom stereocenters. The van der Waals surface area contributed by atoms with Crippen LogP contribution in [0.15, 0.2) is 4.99 Å². The van der Waals surface area contributed by atoms with Gasteiger partial charge in [0.25, 0.3) is 0 Å². The van der Waals surface area contributed by atoms with Crippen LogP contribution in [0.3, 0.4) is 0 Å². The van der Waals surface area contributed by atoms with Crippen LogP contribution in [0.2, 0.25) is 0 Å². The average molecular weight is 297 g/mol. The Morgan fingerprint density at radius 2 is 2.19 bits per heavy atom. The van der Waals surface area contributed by atoms with Crippen molar-refractivity contribution in [2.24, 2.45) is 22.6 Å². The summed E-state index contributed by atoms with van der Waals surface area (Å²) in [6.45, 7) is 9.04. The molecule has 0 aromatic rings. The highest BCUT2D eigenvalue weighted by Gasteiger charge is 2.23. The van der Waals surface area contributed by atoms with Gasteiger partial charge in [0.1, 0.15) is 0 Å². The molecule has 1 heterocycles. The lowest BCUT2D eigenvalue weighted by Crippen LogP contribution is -2.43. The highest BCUT2D eigenvalue weighted by atomic mass is 16.1. The molecule has 0 saturated carbocycles. The molecule has 1 rings (SSSR count). The van der Waals surface area contributed by atoms with Crippen LogP contribution in [0, 0.1) is 11.8 Å². The number of guanidine groups is 1. The molecular formula is C15H31N5O. The van der Waals surface area contributed by atoms with E-state index in [-0.39, 0.29) is 11.8 Å². The van der Waals surface area contributed by atoms with Gasteiger partial charge in [0, 0.05) is 26.7 Å². The first kappa shape index (κ1) is 17.8. The summed E-state index contributed by atoms with van der Waals surface area (Å²) in [4.78, 5) is 17.8. The first-order chi connectivity index (χ1) is 10.0. The molecule has 21 heavy (non-hydrogen) atoms. The lowest BCUT2D eigenvalue weighted by Gasteiger charge is -2.31. The normalized spacial score (nSPS) is 20.6. The van der Waals surface area contributed by atoms with Crippen LogP contribution in [0.1, 0.15) is 33.1 Å². The van der Waals surface area contributed by atoms with E-state index in [1.165, 1.54) is 0 Å². The van der Waals surface area contributed by atoms with Crippen molar-refractivity contribution in [2.75, 3.05) is 39.8 Å². The Bertz CT molecular complexity index is 343. The standard InChI is InChI=1S/C15H31N5O/c1-12(2)10-19-15(17-3)18-7-5-9-20-8-4-6-13(11-20)14(16)21/h12-13H,4-11H2,1-3H3,(H2,16,21)(H2,17,18,19). The summed E-state index contributed by atoms with van der Waals surface area (Å²) in [6, 6.07) is 0. The van der Waals surface area contributed by atoms with E-state index in [0.29, 0.717) is 5.92 Å². The van der Waals surface area contributed by atoms with Gasteiger partial charge in [0.2, 0.25) is 5.91 Å². The molecule has 1 amide bonds.